The van der Waals surface area contributed by atoms with Crippen molar-refractivity contribution in [3.05, 3.63) is 88.2 Å². The van der Waals surface area contributed by atoms with Gasteiger partial charge in [-0.15, -0.1) is 0 Å². The van der Waals surface area contributed by atoms with Crippen LogP contribution in [0.2, 0.25) is 0 Å². The summed E-state index contributed by atoms with van der Waals surface area (Å²) >= 11 is 0. The van der Waals surface area contributed by atoms with Gasteiger partial charge in [-0.25, -0.2) is 9.69 Å². The number of benzene rings is 2. The highest BCUT2D eigenvalue weighted by molar-refractivity contribution is 6.09. The van der Waals surface area contributed by atoms with Crippen LogP contribution in [0.15, 0.2) is 71.5 Å². The molecule has 3 unspecified atom stereocenters. The van der Waals surface area contributed by atoms with Crippen LogP contribution in [0.3, 0.4) is 0 Å². The van der Waals surface area contributed by atoms with E-state index in [0.717, 1.165) is 33.1 Å². The highest BCUT2D eigenvalue weighted by Crippen LogP contribution is 2.50. The lowest BCUT2D eigenvalue weighted by Gasteiger charge is -2.27. The van der Waals surface area contributed by atoms with Gasteiger partial charge in [-0.1, -0.05) is 30.3 Å². The van der Waals surface area contributed by atoms with Gasteiger partial charge in [0.25, 0.3) is 11.8 Å². The van der Waals surface area contributed by atoms with Gasteiger partial charge in [0.2, 0.25) is 6.23 Å². The maximum Gasteiger partial charge on any atom is 0.417 e. The van der Waals surface area contributed by atoms with Crippen molar-refractivity contribution in [2.45, 2.75) is 65.1 Å². The summed E-state index contributed by atoms with van der Waals surface area (Å²) in [7, 11) is 0. The van der Waals surface area contributed by atoms with Gasteiger partial charge in [-0.3, -0.25) is 14.5 Å². The first-order valence-corrected chi connectivity index (χ1v) is 12.9. The van der Waals surface area contributed by atoms with E-state index in [-0.39, 0.29) is 11.3 Å². The van der Waals surface area contributed by atoms with E-state index in [1.165, 1.54) is 18.4 Å². The predicted molar refractivity (Wildman–Crippen MR) is 140 cm³/mol. The normalized spacial score (nSPS) is 23.7. The molecule has 3 atom stereocenters. The fourth-order valence-corrected chi connectivity index (χ4v) is 5.46. The van der Waals surface area contributed by atoms with E-state index in [0.29, 0.717) is 17.6 Å². The molecule has 0 radical (unpaired) electrons. The van der Waals surface area contributed by atoms with Crippen LogP contribution in [0.1, 0.15) is 57.4 Å². The highest BCUT2D eigenvalue weighted by atomic mass is 19.4. The fraction of sp³-hybridized carbons (Fsp3) is 0.367. The first-order chi connectivity index (χ1) is 18.7. The van der Waals surface area contributed by atoms with Crippen molar-refractivity contribution < 1.29 is 37.0 Å². The Morgan fingerprint density at radius 1 is 1.00 bits per heavy atom. The number of amides is 3. The molecule has 0 aromatic heterocycles. The van der Waals surface area contributed by atoms with Crippen molar-refractivity contribution in [2.24, 2.45) is 5.92 Å². The van der Waals surface area contributed by atoms with E-state index >= 15 is 0 Å². The SMILES string of the molecule is CC1=C(C)C(OC=C2C(=O)N(C(=O)OC(C)(C)C)C3c4ccccc4CC23)N(c2cccc(C(F)(F)F)c2)C1=O. The van der Waals surface area contributed by atoms with Crippen LogP contribution in [0, 0.1) is 5.92 Å². The number of nitrogens with zero attached hydrogens (tertiary/aromatic N) is 2. The molecule has 0 bridgehead atoms. The largest absolute Gasteiger partial charge is 0.473 e. The molecule has 1 aliphatic carbocycles. The van der Waals surface area contributed by atoms with Crippen LogP contribution < -0.4 is 4.90 Å². The van der Waals surface area contributed by atoms with Gasteiger partial charge in [0.05, 0.1) is 23.4 Å². The molecule has 0 saturated carbocycles. The summed E-state index contributed by atoms with van der Waals surface area (Å²) in [6.07, 6.45) is -4.72. The Morgan fingerprint density at radius 2 is 1.70 bits per heavy atom. The molecule has 2 aromatic rings. The zero-order valence-electron chi connectivity index (χ0n) is 22.7. The molecule has 1 saturated heterocycles. The third-order valence-electron chi connectivity index (χ3n) is 7.44. The molecule has 1 fully saturated rings. The molecule has 10 heteroatoms. The van der Waals surface area contributed by atoms with Gasteiger partial charge in [-0.05, 0) is 75.9 Å². The Morgan fingerprint density at radius 3 is 2.38 bits per heavy atom. The first-order valence-electron chi connectivity index (χ1n) is 12.9. The number of hydrogen-bond acceptors (Lipinski definition) is 5. The van der Waals surface area contributed by atoms with Crippen LogP contribution in [-0.2, 0) is 31.7 Å². The number of anilines is 1. The number of ether oxygens (including phenoxy) is 2. The number of alkyl halides is 3. The van der Waals surface area contributed by atoms with E-state index in [1.54, 1.807) is 34.6 Å². The van der Waals surface area contributed by atoms with Gasteiger partial charge in [0, 0.05) is 17.2 Å². The number of hydrogen-bond donors (Lipinski definition) is 0. The molecule has 7 nitrogen and oxygen atoms in total. The van der Waals surface area contributed by atoms with Gasteiger partial charge in [-0.2, -0.15) is 13.2 Å². The summed E-state index contributed by atoms with van der Waals surface area (Å²) in [6.45, 7) is 8.36. The summed E-state index contributed by atoms with van der Waals surface area (Å²) in [6, 6.07) is 11.4. The molecule has 2 heterocycles. The molecule has 3 aliphatic rings. The minimum Gasteiger partial charge on any atom is -0.473 e. The second-order valence-corrected chi connectivity index (χ2v) is 11.2. The second-order valence-electron chi connectivity index (χ2n) is 11.2. The summed E-state index contributed by atoms with van der Waals surface area (Å²) in [5.41, 5.74) is 1.16. The number of likely N-dealkylation sites (tertiary alicyclic amines) is 1. The van der Waals surface area contributed by atoms with E-state index in [9.17, 15) is 27.6 Å². The molecule has 0 spiro atoms. The zero-order valence-corrected chi connectivity index (χ0v) is 22.7. The smallest absolute Gasteiger partial charge is 0.417 e. The van der Waals surface area contributed by atoms with Crippen LogP contribution in [0.4, 0.5) is 23.7 Å². The van der Waals surface area contributed by atoms with Crippen molar-refractivity contribution in [1.29, 1.82) is 0 Å². The predicted octanol–water partition coefficient (Wildman–Crippen LogP) is 6.31. The summed E-state index contributed by atoms with van der Waals surface area (Å²) in [4.78, 5) is 42.2. The zero-order chi connectivity index (χ0) is 29.1. The lowest BCUT2D eigenvalue weighted by molar-refractivity contribution is -0.137. The summed E-state index contributed by atoms with van der Waals surface area (Å²) in [5, 5.41) is 0. The molecular weight excluding hydrogens is 525 g/mol. The molecule has 2 aromatic carbocycles. The van der Waals surface area contributed by atoms with Gasteiger partial charge < -0.3 is 9.47 Å². The van der Waals surface area contributed by atoms with Crippen molar-refractivity contribution in [2.75, 3.05) is 4.90 Å². The third kappa shape index (κ3) is 4.65. The van der Waals surface area contributed by atoms with Gasteiger partial charge in [0.15, 0.2) is 0 Å². The van der Waals surface area contributed by atoms with Crippen molar-refractivity contribution in [3.63, 3.8) is 0 Å². The van der Waals surface area contributed by atoms with Crippen LogP contribution >= 0.6 is 0 Å². The quantitative estimate of drug-likeness (QED) is 0.329. The molecule has 40 heavy (non-hydrogen) atoms. The van der Waals surface area contributed by atoms with Crippen LogP contribution in [-0.4, -0.2) is 34.6 Å². The number of imide groups is 1. The maximum atomic E-state index is 13.6. The van der Waals surface area contributed by atoms with Crippen molar-refractivity contribution >= 4 is 23.6 Å². The fourth-order valence-electron chi connectivity index (χ4n) is 5.46. The second kappa shape index (κ2) is 9.53. The lowest BCUT2D eigenvalue weighted by Crippen LogP contribution is -2.39. The minimum absolute atomic E-state index is 0.0127. The molecule has 2 aliphatic heterocycles. The Hall–Kier alpha value is -4.08. The number of carbonyl (C=O) groups excluding carboxylic acids is 3. The average molecular weight is 555 g/mol. The Labute approximate surface area is 229 Å². The van der Waals surface area contributed by atoms with Crippen LogP contribution in [0.5, 0.6) is 0 Å². The van der Waals surface area contributed by atoms with E-state index in [2.05, 4.69) is 0 Å². The standard InChI is InChI=1S/C30H29F3N2O5/c1-16-17(2)27(34(25(16)36)20-11-8-10-19(14-20)30(31,32)33)39-15-23-22-13-18-9-6-7-12-21(18)24(22)35(26(23)37)28(38)40-29(3,4)5/h6-12,14-15,22,24,27H,13H2,1-5H3. The van der Waals surface area contributed by atoms with E-state index < -0.39 is 53.4 Å². The van der Waals surface area contributed by atoms with E-state index in [4.69, 9.17) is 9.47 Å². The Bertz CT molecular complexity index is 1470. The summed E-state index contributed by atoms with van der Waals surface area (Å²) < 4.78 is 51.8. The van der Waals surface area contributed by atoms with E-state index in [1.807, 2.05) is 24.3 Å². The van der Waals surface area contributed by atoms with Crippen LogP contribution in [0.25, 0.3) is 0 Å². The van der Waals surface area contributed by atoms with Crippen molar-refractivity contribution in [1.82, 2.24) is 4.90 Å². The van der Waals surface area contributed by atoms with Gasteiger partial charge in [0.1, 0.15) is 5.60 Å². The average Bonchev–Trinajstić information content (AvgIpc) is 3.44. The Balaban J connectivity index is 1.51. The topological polar surface area (TPSA) is 76.2 Å². The minimum atomic E-state index is -4.59. The molecule has 0 N–H and O–H groups in total. The highest BCUT2D eigenvalue weighted by Gasteiger charge is 2.53. The third-order valence-corrected chi connectivity index (χ3v) is 7.44. The number of fused-ring (bicyclic) bond motifs is 3. The molecule has 5 rings (SSSR count). The van der Waals surface area contributed by atoms with Gasteiger partial charge >= 0.3 is 12.3 Å². The molecule has 3 amide bonds. The lowest BCUT2D eigenvalue weighted by atomic mass is 9.97. The monoisotopic (exact) mass is 554 g/mol. The molecule has 210 valence electrons. The molecular formula is C30H29F3N2O5. The summed E-state index contributed by atoms with van der Waals surface area (Å²) in [5.74, 6) is -1.49. The number of rotatable bonds is 3. The first kappa shape index (κ1) is 27.5. The Kier molecular flexibility index (Phi) is 6.55. The number of carbonyl (C=O) groups is 3. The maximum absolute atomic E-state index is 13.6. The number of halogens is 3. The van der Waals surface area contributed by atoms with Crippen molar-refractivity contribution in [3.8, 4) is 0 Å².